The average Bonchev–Trinajstić information content (AvgIpc) is 3.49. The second-order valence-electron chi connectivity index (χ2n) is 8.90. The number of hydrogen-bond donors (Lipinski definition) is 1. The van der Waals surface area contributed by atoms with Crippen LogP contribution in [-0.2, 0) is 13.2 Å². The molecule has 0 aliphatic carbocycles. The molecule has 37 heavy (non-hydrogen) atoms. The van der Waals surface area contributed by atoms with E-state index in [2.05, 4.69) is 15.2 Å². The molecule has 3 heterocycles. The number of ether oxygens (including phenoxy) is 1. The highest BCUT2D eigenvalue weighted by molar-refractivity contribution is 6.30. The van der Waals surface area contributed by atoms with Crippen molar-refractivity contribution in [2.24, 2.45) is 0 Å². The molecule has 6 rings (SSSR count). The molecule has 182 valence electrons. The summed E-state index contributed by atoms with van der Waals surface area (Å²) in [4.78, 5) is 19.6. The average molecular weight is 507 g/mol. The normalized spacial score (nSPS) is 14.6. The van der Waals surface area contributed by atoms with Crippen LogP contribution in [0, 0.1) is 0 Å². The largest absolute Gasteiger partial charge is 0.489 e. The van der Waals surface area contributed by atoms with Gasteiger partial charge in [-0.05, 0) is 53.1 Å². The molecule has 5 aromatic rings. The Hall–Kier alpha value is -4.42. The van der Waals surface area contributed by atoms with E-state index in [1.54, 1.807) is 12.4 Å². The number of nitrogens with zero attached hydrogens (tertiary/aromatic N) is 3. The topological polar surface area (TPSA) is 71.1 Å². The predicted molar refractivity (Wildman–Crippen MR) is 142 cm³/mol. The van der Waals surface area contributed by atoms with Crippen molar-refractivity contribution < 1.29 is 9.53 Å². The number of benzene rings is 3. The van der Waals surface area contributed by atoms with Crippen LogP contribution >= 0.6 is 11.6 Å². The summed E-state index contributed by atoms with van der Waals surface area (Å²) < 4.78 is 5.99. The van der Waals surface area contributed by atoms with Crippen molar-refractivity contribution in [3.8, 4) is 17.0 Å². The second kappa shape index (κ2) is 9.91. The minimum absolute atomic E-state index is 0.0745. The van der Waals surface area contributed by atoms with Gasteiger partial charge in [-0.15, -0.1) is 0 Å². The fourth-order valence-corrected chi connectivity index (χ4v) is 4.83. The number of hydrogen-bond acceptors (Lipinski definition) is 4. The number of fused-ring (bicyclic) bond motifs is 1. The summed E-state index contributed by atoms with van der Waals surface area (Å²) in [7, 11) is 0. The van der Waals surface area contributed by atoms with Crippen LogP contribution < -0.4 is 4.74 Å². The second-order valence-corrected chi connectivity index (χ2v) is 9.34. The molecule has 0 radical (unpaired) electrons. The van der Waals surface area contributed by atoms with Crippen molar-refractivity contribution in [2.45, 2.75) is 19.2 Å². The smallest absolute Gasteiger partial charge is 0.273 e. The molecule has 1 N–H and O–H groups in total. The third-order valence-corrected chi connectivity index (χ3v) is 6.78. The zero-order valence-corrected chi connectivity index (χ0v) is 20.6. The zero-order chi connectivity index (χ0) is 25.2. The first-order chi connectivity index (χ1) is 18.2. The van der Waals surface area contributed by atoms with Crippen LogP contribution in [0.5, 0.6) is 5.75 Å². The summed E-state index contributed by atoms with van der Waals surface area (Å²) in [6.45, 7) is 0.897. The van der Waals surface area contributed by atoms with Crippen molar-refractivity contribution in [2.75, 3.05) is 0 Å². The van der Waals surface area contributed by atoms with E-state index in [-0.39, 0.29) is 11.9 Å². The van der Waals surface area contributed by atoms with Crippen molar-refractivity contribution >= 4 is 17.5 Å². The number of aromatic amines is 1. The van der Waals surface area contributed by atoms with Gasteiger partial charge in [0.25, 0.3) is 5.91 Å². The van der Waals surface area contributed by atoms with Crippen LogP contribution in [0.25, 0.3) is 11.3 Å². The van der Waals surface area contributed by atoms with Gasteiger partial charge >= 0.3 is 0 Å². The summed E-state index contributed by atoms with van der Waals surface area (Å²) >= 11 is 5.98. The van der Waals surface area contributed by atoms with Gasteiger partial charge in [0.1, 0.15) is 18.1 Å². The van der Waals surface area contributed by atoms with Gasteiger partial charge in [0, 0.05) is 35.1 Å². The lowest BCUT2D eigenvalue weighted by Crippen LogP contribution is -2.29. The SMILES string of the molecule is O=C1c2[nH]nc(-c3ccccc3)c2C(c2ccc(OCc3ccc(Cl)cc3)cc2)N1Cc1ccncc1. The highest BCUT2D eigenvalue weighted by atomic mass is 35.5. The number of rotatable bonds is 7. The summed E-state index contributed by atoms with van der Waals surface area (Å²) in [5.41, 5.74) is 6.20. The molecule has 3 aromatic carbocycles. The number of aromatic nitrogens is 3. The molecule has 1 atom stereocenters. The van der Waals surface area contributed by atoms with Gasteiger partial charge in [-0.1, -0.05) is 66.2 Å². The Morgan fingerprint density at radius 3 is 2.32 bits per heavy atom. The summed E-state index contributed by atoms with van der Waals surface area (Å²) in [6, 6.07) is 29.0. The van der Waals surface area contributed by atoms with E-state index in [0.29, 0.717) is 23.9 Å². The highest BCUT2D eigenvalue weighted by Gasteiger charge is 2.42. The monoisotopic (exact) mass is 506 g/mol. The molecule has 0 fully saturated rings. The first kappa shape index (κ1) is 23.0. The number of nitrogens with one attached hydrogen (secondary N) is 1. The van der Waals surface area contributed by atoms with Gasteiger partial charge < -0.3 is 9.64 Å². The minimum atomic E-state index is -0.296. The Kier molecular flexibility index (Phi) is 6.16. The maximum atomic E-state index is 13.6. The quantitative estimate of drug-likeness (QED) is 0.275. The minimum Gasteiger partial charge on any atom is -0.489 e. The van der Waals surface area contributed by atoms with E-state index < -0.39 is 0 Å². The van der Waals surface area contributed by atoms with E-state index in [1.165, 1.54) is 0 Å². The first-order valence-corrected chi connectivity index (χ1v) is 12.4. The summed E-state index contributed by atoms with van der Waals surface area (Å²) in [5.74, 6) is 0.675. The molecule has 1 unspecified atom stereocenters. The lowest BCUT2D eigenvalue weighted by molar-refractivity contribution is 0.0730. The van der Waals surface area contributed by atoms with Gasteiger partial charge in [-0.2, -0.15) is 5.10 Å². The lowest BCUT2D eigenvalue weighted by atomic mass is 9.96. The molecule has 0 spiro atoms. The lowest BCUT2D eigenvalue weighted by Gasteiger charge is -2.26. The maximum Gasteiger partial charge on any atom is 0.273 e. The predicted octanol–water partition coefficient (Wildman–Crippen LogP) is 6.45. The highest BCUT2D eigenvalue weighted by Crippen LogP contribution is 2.43. The summed E-state index contributed by atoms with van der Waals surface area (Å²) in [5, 5.41) is 8.26. The van der Waals surface area contributed by atoms with E-state index in [9.17, 15) is 4.79 Å². The van der Waals surface area contributed by atoms with Crippen LogP contribution in [0.2, 0.25) is 5.02 Å². The molecular weight excluding hydrogens is 484 g/mol. The Morgan fingerprint density at radius 2 is 1.59 bits per heavy atom. The van der Waals surface area contributed by atoms with E-state index in [0.717, 1.165) is 39.3 Å². The van der Waals surface area contributed by atoms with Crippen LogP contribution in [0.4, 0.5) is 0 Å². The molecule has 0 saturated carbocycles. The Bertz CT molecular complexity index is 1520. The number of H-pyrrole nitrogens is 1. The molecule has 0 bridgehead atoms. The van der Waals surface area contributed by atoms with Gasteiger partial charge in [-0.3, -0.25) is 14.9 Å². The molecule has 7 heteroatoms. The molecule has 1 amide bonds. The Labute approximate surface area is 219 Å². The van der Waals surface area contributed by atoms with Crippen molar-refractivity contribution in [3.05, 3.63) is 136 Å². The molecule has 1 aliphatic heterocycles. The van der Waals surface area contributed by atoms with Crippen LogP contribution in [0.1, 0.15) is 38.8 Å². The Morgan fingerprint density at radius 1 is 0.865 bits per heavy atom. The van der Waals surface area contributed by atoms with Gasteiger partial charge in [-0.25, -0.2) is 0 Å². The Balaban J connectivity index is 1.33. The third kappa shape index (κ3) is 4.59. The van der Waals surface area contributed by atoms with E-state index in [1.807, 2.05) is 95.9 Å². The van der Waals surface area contributed by atoms with Crippen LogP contribution in [-0.4, -0.2) is 26.0 Å². The number of carbonyl (C=O) groups excluding carboxylic acids is 1. The zero-order valence-electron chi connectivity index (χ0n) is 19.8. The first-order valence-electron chi connectivity index (χ1n) is 12.0. The standard InChI is InChI=1S/C30H23ClN4O2/c31-24-10-6-21(7-11-24)19-37-25-12-8-23(9-13-25)29-26-27(22-4-2-1-3-5-22)33-34-28(26)30(36)35(29)18-20-14-16-32-17-15-20/h1-17,29H,18-19H2,(H,33,34). The van der Waals surface area contributed by atoms with Crippen LogP contribution in [0.3, 0.4) is 0 Å². The third-order valence-electron chi connectivity index (χ3n) is 6.53. The molecule has 1 aliphatic rings. The van der Waals surface area contributed by atoms with Gasteiger partial charge in [0.05, 0.1) is 11.7 Å². The number of pyridine rings is 1. The fraction of sp³-hybridized carbons (Fsp3) is 0.100. The van der Waals surface area contributed by atoms with E-state index >= 15 is 0 Å². The number of amides is 1. The number of halogens is 1. The van der Waals surface area contributed by atoms with Crippen molar-refractivity contribution in [1.82, 2.24) is 20.1 Å². The van der Waals surface area contributed by atoms with Crippen molar-refractivity contribution in [1.29, 1.82) is 0 Å². The number of carbonyl (C=O) groups is 1. The van der Waals surface area contributed by atoms with Crippen LogP contribution in [0.15, 0.2) is 103 Å². The molecule has 6 nitrogen and oxygen atoms in total. The fourth-order valence-electron chi connectivity index (χ4n) is 4.70. The molecule has 2 aromatic heterocycles. The molecule has 0 saturated heterocycles. The van der Waals surface area contributed by atoms with Crippen molar-refractivity contribution in [3.63, 3.8) is 0 Å². The maximum absolute atomic E-state index is 13.6. The van der Waals surface area contributed by atoms with E-state index in [4.69, 9.17) is 16.3 Å². The van der Waals surface area contributed by atoms with Gasteiger partial charge in [0.2, 0.25) is 0 Å². The van der Waals surface area contributed by atoms with Gasteiger partial charge in [0.15, 0.2) is 0 Å². The summed E-state index contributed by atoms with van der Waals surface area (Å²) in [6.07, 6.45) is 3.49. The molecular formula is C30H23ClN4O2.